The van der Waals surface area contributed by atoms with Crippen LogP contribution in [0.2, 0.25) is 0 Å². The first-order chi connectivity index (χ1) is 7.22. The number of phenolic OH excluding ortho intramolecular Hbond substituents is 1. The molecule has 0 fully saturated rings. The summed E-state index contributed by atoms with van der Waals surface area (Å²) in [5.41, 5.74) is 0.723. The van der Waals surface area contributed by atoms with Gasteiger partial charge in [-0.25, -0.2) is 0 Å². The van der Waals surface area contributed by atoms with Gasteiger partial charge < -0.3 is 9.84 Å². The molecular weight excluding hydrogens is 216 g/mol. The van der Waals surface area contributed by atoms with E-state index in [4.69, 9.17) is 16.3 Å². The second-order valence-corrected chi connectivity index (χ2v) is 2.94. The Hall–Kier alpha value is -1.66. The third-order valence-corrected chi connectivity index (χ3v) is 1.88. The standard InChI is InChI=1S/C11H9ClO3/c1-15-10-6-8(3-2-4-12)5-9(7-13)11(10)14/h5-7,14H,4H2,1H3. The van der Waals surface area contributed by atoms with E-state index >= 15 is 0 Å². The largest absolute Gasteiger partial charge is 0.504 e. The molecule has 0 aliphatic rings. The summed E-state index contributed by atoms with van der Waals surface area (Å²) in [6, 6.07) is 3.02. The molecule has 0 amide bonds. The van der Waals surface area contributed by atoms with E-state index in [0.29, 0.717) is 11.8 Å². The van der Waals surface area contributed by atoms with Gasteiger partial charge in [0.05, 0.1) is 18.6 Å². The van der Waals surface area contributed by atoms with Gasteiger partial charge in [0.1, 0.15) is 0 Å². The minimum atomic E-state index is -0.177. The maximum atomic E-state index is 10.6. The number of carbonyl (C=O) groups is 1. The summed E-state index contributed by atoms with van der Waals surface area (Å²) < 4.78 is 4.90. The Kier molecular flexibility index (Phi) is 4.02. The number of halogens is 1. The van der Waals surface area contributed by atoms with Crippen molar-refractivity contribution in [3.63, 3.8) is 0 Å². The molecule has 3 nitrogen and oxygen atoms in total. The summed E-state index contributed by atoms with van der Waals surface area (Å²) in [5.74, 6) is 5.64. The summed E-state index contributed by atoms with van der Waals surface area (Å²) in [7, 11) is 1.41. The zero-order valence-electron chi connectivity index (χ0n) is 8.08. The highest BCUT2D eigenvalue weighted by Crippen LogP contribution is 2.29. The molecule has 0 aliphatic heterocycles. The highest BCUT2D eigenvalue weighted by Gasteiger charge is 2.08. The van der Waals surface area contributed by atoms with Crippen LogP contribution in [0.1, 0.15) is 15.9 Å². The van der Waals surface area contributed by atoms with Crippen molar-refractivity contribution in [3.8, 4) is 23.3 Å². The predicted molar refractivity (Wildman–Crippen MR) is 57.6 cm³/mol. The van der Waals surface area contributed by atoms with Gasteiger partial charge in [0.25, 0.3) is 0 Å². The maximum Gasteiger partial charge on any atom is 0.168 e. The zero-order chi connectivity index (χ0) is 11.3. The van der Waals surface area contributed by atoms with Crippen LogP contribution in [-0.2, 0) is 0 Å². The average molecular weight is 225 g/mol. The van der Waals surface area contributed by atoms with Gasteiger partial charge in [0.15, 0.2) is 17.8 Å². The average Bonchev–Trinajstić information content (AvgIpc) is 2.27. The number of aromatic hydroxyl groups is 1. The third kappa shape index (κ3) is 2.64. The third-order valence-electron chi connectivity index (χ3n) is 1.75. The van der Waals surface area contributed by atoms with Crippen LogP contribution in [0.4, 0.5) is 0 Å². The first-order valence-electron chi connectivity index (χ1n) is 4.14. The van der Waals surface area contributed by atoms with Crippen molar-refractivity contribution < 1.29 is 14.6 Å². The SMILES string of the molecule is COc1cc(C#CCCl)cc(C=O)c1O. The van der Waals surface area contributed by atoms with Crippen molar-refractivity contribution in [2.45, 2.75) is 0 Å². The molecule has 1 N–H and O–H groups in total. The van der Waals surface area contributed by atoms with Crippen LogP contribution < -0.4 is 4.74 Å². The molecule has 1 rings (SSSR count). The molecular formula is C11H9ClO3. The molecule has 15 heavy (non-hydrogen) atoms. The molecule has 0 bridgehead atoms. The van der Waals surface area contributed by atoms with Crippen LogP contribution >= 0.6 is 11.6 Å². The van der Waals surface area contributed by atoms with Crippen molar-refractivity contribution in [1.82, 2.24) is 0 Å². The molecule has 0 atom stereocenters. The van der Waals surface area contributed by atoms with Gasteiger partial charge in [-0.15, -0.1) is 11.6 Å². The molecule has 1 aromatic rings. The number of methoxy groups -OCH3 is 1. The lowest BCUT2D eigenvalue weighted by atomic mass is 10.1. The monoisotopic (exact) mass is 224 g/mol. The maximum absolute atomic E-state index is 10.6. The van der Waals surface area contributed by atoms with E-state index in [2.05, 4.69) is 11.8 Å². The van der Waals surface area contributed by atoms with E-state index in [1.54, 1.807) is 6.07 Å². The molecule has 0 spiro atoms. The van der Waals surface area contributed by atoms with Gasteiger partial charge >= 0.3 is 0 Å². The van der Waals surface area contributed by atoms with Crippen LogP contribution in [0.25, 0.3) is 0 Å². The fraction of sp³-hybridized carbons (Fsp3) is 0.182. The number of carbonyl (C=O) groups excluding carboxylic acids is 1. The van der Waals surface area contributed by atoms with Gasteiger partial charge in [0, 0.05) is 5.56 Å². The highest BCUT2D eigenvalue weighted by atomic mass is 35.5. The Morgan fingerprint density at radius 3 is 2.87 bits per heavy atom. The summed E-state index contributed by atoms with van der Waals surface area (Å²) >= 11 is 5.41. The van der Waals surface area contributed by atoms with Gasteiger partial charge in [-0.1, -0.05) is 11.8 Å². The van der Waals surface area contributed by atoms with Gasteiger partial charge in [0.2, 0.25) is 0 Å². The summed E-state index contributed by atoms with van der Waals surface area (Å²) in [4.78, 5) is 10.6. The fourth-order valence-corrected chi connectivity index (χ4v) is 1.15. The van der Waals surface area contributed by atoms with Crippen molar-refractivity contribution in [2.24, 2.45) is 0 Å². The highest BCUT2D eigenvalue weighted by molar-refractivity contribution is 6.19. The normalized spacial score (nSPS) is 8.93. The minimum Gasteiger partial charge on any atom is -0.504 e. The van der Waals surface area contributed by atoms with E-state index in [0.717, 1.165) is 0 Å². The fourth-order valence-electron chi connectivity index (χ4n) is 1.08. The van der Waals surface area contributed by atoms with Crippen molar-refractivity contribution in [2.75, 3.05) is 13.0 Å². The van der Waals surface area contributed by atoms with Crippen LogP contribution in [-0.4, -0.2) is 24.4 Å². The zero-order valence-corrected chi connectivity index (χ0v) is 8.84. The van der Waals surface area contributed by atoms with E-state index < -0.39 is 0 Å². The second kappa shape index (κ2) is 5.28. The Bertz CT molecular complexity index is 429. The predicted octanol–water partition coefficient (Wildman–Crippen LogP) is 1.80. The van der Waals surface area contributed by atoms with E-state index in [1.807, 2.05) is 0 Å². The Labute approximate surface area is 92.6 Å². The summed E-state index contributed by atoms with van der Waals surface area (Å²) in [6.07, 6.45) is 0.545. The first kappa shape index (κ1) is 11.4. The Morgan fingerprint density at radius 2 is 2.33 bits per heavy atom. The molecule has 0 saturated carbocycles. The molecule has 0 radical (unpaired) electrons. The second-order valence-electron chi connectivity index (χ2n) is 2.67. The summed E-state index contributed by atoms with van der Waals surface area (Å²) in [5, 5.41) is 9.51. The molecule has 0 aliphatic carbocycles. The topological polar surface area (TPSA) is 46.5 Å². The Morgan fingerprint density at radius 1 is 1.60 bits per heavy atom. The minimum absolute atomic E-state index is 0.147. The van der Waals surface area contributed by atoms with Gasteiger partial charge in [-0.05, 0) is 12.1 Å². The first-order valence-corrected chi connectivity index (χ1v) is 4.67. The van der Waals surface area contributed by atoms with Crippen molar-refractivity contribution in [3.05, 3.63) is 23.3 Å². The van der Waals surface area contributed by atoms with Crippen LogP contribution in [0.5, 0.6) is 11.5 Å². The molecule has 0 unspecified atom stereocenters. The molecule has 1 aromatic carbocycles. The Balaban J connectivity index is 3.26. The van der Waals surface area contributed by atoms with Crippen molar-refractivity contribution >= 4 is 17.9 Å². The van der Waals surface area contributed by atoms with E-state index in [1.165, 1.54) is 13.2 Å². The molecule has 0 heterocycles. The lowest BCUT2D eigenvalue weighted by Gasteiger charge is -2.05. The summed E-state index contributed by atoms with van der Waals surface area (Å²) in [6.45, 7) is 0. The van der Waals surface area contributed by atoms with Gasteiger partial charge in [-0.2, -0.15) is 0 Å². The molecule has 78 valence electrons. The van der Waals surface area contributed by atoms with E-state index in [-0.39, 0.29) is 22.9 Å². The number of ether oxygens (including phenoxy) is 1. The number of rotatable bonds is 2. The number of alkyl halides is 1. The lowest BCUT2D eigenvalue weighted by Crippen LogP contribution is -1.90. The number of aldehydes is 1. The molecule has 0 saturated heterocycles. The van der Waals surface area contributed by atoms with Crippen LogP contribution in [0.15, 0.2) is 12.1 Å². The number of phenols is 1. The van der Waals surface area contributed by atoms with Crippen molar-refractivity contribution in [1.29, 1.82) is 0 Å². The van der Waals surface area contributed by atoms with Crippen LogP contribution in [0.3, 0.4) is 0 Å². The lowest BCUT2D eigenvalue weighted by molar-refractivity contribution is 0.112. The number of benzene rings is 1. The smallest absolute Gasteiger partial charge is 0.168 e. The molecule has 0 aromatic heterocycles. The van der Waals surface area contributed by atoms with E-state index in [9.17, 15) is 9.90 Å². The molecule has 4 heteroatoms. The number of hydrogen-bond acceptors (Lipinski definition) is 3. The van der Waals surface area contributed by atoms with Crippen LogP contribution in [0, 0.1) is 11.8 Å². The quantitative estimate of drug-likeness (QED) is 0.473. The number of hydrogen-bond donors (Lipinski definition) is 1. The van der Waals surface area contributed by atoms with Gasteiger partial charge in [-0.3, -0.25) is 4.79 Å².